The molecule has 35 heavy (non-hydrogen) atoms. The zero-order chi connectivity index (χ0) is 23.4. The van der Waals surface area contributed by atoms with Gasteiger partial charge in [0, 0.05) is 40.0 Å². The van der Waals surface area contributed by atoms with Crippen LogP contribution in [0.25, 0.3) is 50.2 Å². The van der Waals surface area contributed by atoms with Crippen LogP contribution in [0, 0.1) is 0 Å². The molecule has 170 valence electrons. The average molecular weight is 457 g/mol. The molecule has 0 amide bonds. The van der Waals surface area contributed by atoms with E-state index in [1.807, 2.05) is 16.6 Å². The molecular weight excluding hydrogens is 432 g/mol. The maximum absolute atomic E-state index is 6.57. The summed E-state index contributed by atoms with van der Waals surface area (Å²) in [6.07, 6.45) is 7.15. The Balaban J connectivity index is 1.42. The largest absolute Gasteiger partial charge is 0.321 e. The number of nitrogens with one attached hydrogen (secondary N) is 1. The van der Waals surface area contributed by atoms with Crippen molar-refractivity contribution < 1.29 is 0 Å². The molecule has 3 N–H and O–H groups in total. The third-order valence-electron chi connectivity index (χ3n) is 7.27. The Kier molecular flexibility index (Phi) is 4.38. The monoisotopic (exact) mass is 456 g/mol. The molecule has 3 aromatic heterocycles. The van der Waals surface area contributed by atoms with Crippen LogP contribution in [0.2, 0.25) is 0 Å². The smallest absolute Gasteiger partial charge is 0.163 e. The van der Waals surface area contributed by atoms with Gasteiger partial charge in [0.25, 0.3) is 0 Å². The molecule has 1 aliphatic carbocycles. The molecule has 1 saturated carbocycles. The van der Waals surface area contributed by atoms with Crippen LogP contribution < -0.4 is 5.73 Å². The standard InChI is InChI=1S/C29H24N6/c30-29(14-4-15-29)22-10-7-20(8-11-22)27-24(19-5-2-1-3-6-19)18-35-28(32-27)23-12-9-21(17-26(23)34-35)25-13-16-31-33-25/h1-3,5-13,16-18H,4,14-15,30H2,(H,31,33). The molecule has 6 nitrogen and oxygen atoms in total. The summed E-state index contributed by atoms with van der Waals surface area (Å²) in [5.41, 5.74) is 15.5. The summed E-state index contributed by atoms with van der Waals surface area (Å²) in [5.74, 6) is 0. The van der Waals surface area contributed by atoms with Crippen LogP contribution in [0.3, 0.4) is 0 Å². The molecule has 6 aromatic rings. The van der Waals surface area contributed by atoms with Crippen molar-refractivity contribution in [2.75, 3.05) is 0 Å². The van der Waals surface area contributed by atoms with Gasteiger partial charge in [-0.1, -0.05) is 60.7 Å². The van der Waals surface area contributed by atoms with Crippen molar-refractivity contribution in [1.82, 2.24) is 24.8 Å². The summed E-state index contributed by atoms with van der Waals surface area (Å²) in [6.45, 7) is 0. The number of benzene rings is 3. The maximum atomic E-state index is 6.57. The number of fused-ring (bicyclic) bond motifs is 3. The summed E-state index contributed by atoms with van der Waals surface area (Å²) in [4.78, 5) is 5.18. The van der Waals surface area contributed by atoms with E-state index < -0.39 is 0 Å². The fourth-order valence-corrected chi connectivity index (χ4v) is 5.08. The van der Waals surface area contributed by atoms with Crippen LogP contribution in [-0.4, -0.2) is 24.8 Å². The molecule has 1 aliphatic rings. The number of hydrogen-bond donors (Lipinski definition) is 2. The van der Waals surface area contributed by atoms with E-state index in [1.165, 1.54) is 12.0 Å². The predicted octanol–water partition coefficient (Wildman–Crippen LogP) is 5.94. The van der Waals surface area contributed by atoms with Crippen molar-refractivity contribution in [3.05, 3.63) is 96.8 Å². The summed E-state index contributed by atoms with van der Waals surface area (Å²) in [6, 6.07) is 27.2. The third-order valence-corrected chi connectivity index (χ3v) is 7.27. The second kappa shape index (κ2) is 7.61. The quantitative estimate of drug-likeness (QED) is 0.344. The van der Waals surface area contributed by atoms with Crippen molar-refractivity contribution in [2.45, 2.75) is 24.8 Å². The average Bonchev–Trinajstić information content (AvgIpc) is 3.55. The normalized spacial score (nSPS) is 14.9. The second-order valence-electron chi connectivity index (χ2n) is 9.43. The first-order valence-corrected chi connectivity index (χ1v) is 12.0. The number of nitrogens with zero attached hydrogens (tertiary/aromatic N) is 4. The number of aromatic nitrogens is 5. The van der Waals surface area contributed by atoms with Crippen LogP contribution in [0.1, 0.15) is 24.8 Å². The molecule has 0 saturated heterocycles. The molecule has 0 unspecified atom stereocenters. The van der Waals surface area contributed by atoms with Crippen LogP contribution in [0.15, 0.2) is 91.3 Å². The fourth-order valence-electron chi connectivity index (χ4n) is 5.08. The number of nitrogens with two attached hydrogens (primary N) is 1. The molecule has 0 spiro atoms. The number of aromatic amines is 1. The highest BCUT2D eigenvalue weighted by Crippen LogP contribution is 2.40. The highest BCUT2D eigenvalue weighted by atomic mass is 15.2. The topological polar surface area (TPSA) is 84.9 Å². The number of rotatable bonds is 4. The summed E-state index contributed by atoms with van der Waals surface area (Å²) in [7, 11) is 0. The van der Waals surface area contributed by atoms with E-state index in [0.717, 1.165) is 63.0 Å². The highest BCUT2D eigenvalue weighted by Gasteiger charge is 2.34. The molecule has 1 fully saturated rings. The van der Waals surface area contributed by atoms with Gasteiger partial charge in [-0.3, -0.25) is 5.10 Å². The van der Waals surface area contributed by atoms with Gasteiger partial charge in [0.2, 0.25) is 0 Å². The molecule has 7 rings (SSSR count). The lowest BCUT2D eigenvalue weighted by Gasteiger charge is -2.38. The minimum atomic E-state index is -0.174. The molecule has 3 heterocycles. The van der Waals surface area contributed by atoms with E-state index in [9.17, 15) is 0 Å². The zero-order valence-corrected chi connectivity index (χ0v) is 19.1. The molecular formula is C29H24N6. The SMILES string of the molecule is NC1(c2ccc(-c3nc4c5ccc(-c6ccn[nH]6)cc5nn4cc3-c3ccccc3)cc2)CCC1. The van der Waals surface area contributed by atoms with Crippen LogP contribution >= 0.6 is 0 Å². The zero-order valence-electron chi connectivity index (χ0n) is 19.1. The molecule has 0 atom stereocenters. The van der Waals surface area contributed by atoms with Gasteiger partial charge in [-0.25, -0.2) is 9.50 Å². The van der Waals surface area contributed by atoms with Gasteiger partial charge < -0.3 is 5.73 Å². The van der Waals surface area contributed by atoms with Gasteiger partial charge in [0.05, 0.1) is 16.9 Å². The minimum Gasteiger partial charge on any atom is -0.321 e. The first kappa shape index (κ1) is 20.1. The molecule has 6 heteroatoms. The first-order chi connectivity index (χ1) is 17.2. The lowest BCUT2D eigenvalue weighted by atomic mass is 9.72. The van der Waals surface area contributed by atoms with E-state index in [4.69, 9.17) is 15.8 Å². The van der Waals surface area contributed by atoms with Crippen molar-refractivity contribution in [2.24, 2.45) is 5.73 Å². The van der Waals surface area contributed by atoms with E-state index >= 15 is 0 Å². The van der Waals surface area contributed by atoms with Gasteiger partial charge in [0.15, 0.2) is 5.65 Å². The predicted molar refractivity (Wildman–Crippen MR) is 139 cm³/mol. The third kappa shape index (κ3) is 3.26. The molecule has 3 aromatic carbocycles. The Hall–Kier alpha value is -4.29. The Morgan fingerprint density at radius 2 is 1.66 bits per heavy atom. The minimum absolute atomic E-state index is 0.174. The number of H-pyrrole nitrogens is 1. The van der Waals surface area contributed by atoms with Gasteiger partial charge in [-0.2, -0.15) is 10.2 Å². The Bertz CT molecular complexity index is 1660. The van der Waals surface area contributed by atoms with Crippen LogP contribution in [0.4, 0.5) is 0 Å². The Labute approximate surface area is 202 Å². The van der Waals surface area contributed by atoms with E-state index in [-0.39, 0.29) is 5.54 Å². The lowest BCUT2D eigenvalue weighted by molar-refractivity contribution is 0.253. The Morgan fingerprint density at radius 3 is 2.37 bits per heavy atom. The highest BCUT2D eigenvalue weighted by molar-refractivity contribution is 5.96. The maximum Gasteiger partial charge on any atom is 0.163 e. The summed E-state index contributed by atoms with van der Waals surface area (Å²) in [5, 5.41) is 13.0. The van der Waals surface area contributed by atoms with Crippen molar-refractivity contribution in [1.29, 1.82) is 0 Å². The van der Waals surface area contributed by atoms with Crippen LogP contribution in [-0.2, 0) is 5.54 Å². The van der Waals surface area contributed by atoms with E-state index in [0.29, 0.717) is 0 Å². The fraction of sp³-hybridized carbons (Fsp3) is 0.138. The molecule has 0 aliphatic heterocycles. The Morgan fingerprint density at radius 1 is 0.857 bits per heavy atom. The second-order valence-corrected chi connectivity index (χ2v) is 9.43. The molecule has 0 bridgehead atoms. The van der Waals surface area contributed by atoms with E-state index in [1.54, 1.807) is 6.20 Å². The number of hydrogen-bond acceptors (Lipinski definition) is 4. The van der Waals surface area contributed by atoms with Gasteiger partial charge >= 0.3 is 0 Å². The van der Waals surface area contributed by atoms with Gasteiger partial charge in [0.1, 0.15) is 0 Å². The summed E-state index contributed by atoms with van der Waals surface area (Å²) < 4.78 is 1.89. The van der Waals surface area contributed by atoms with Gasteiger partial charge in [-0.15, -0.1) is 0 Å². The van der Waals surface area contributed by atoms with Crippen molar-refractivity contribution in [3.63, 3.8) is 0 Å². The van der Waals surface area contributed by atoms with Crippen LogP contribution in [0.5, 0.6) is 0 Å². The lowest BCUT2D eigenvalue weighted by Crippen LogP contribution is -2.43. The molecule has 0 radical (unpaired) electrons. The summed E-state index contributed by atoms with van der Waals surface area (Å²) >= 11 is 0. The van der Waals surface area contributed by atoms with Gasteiger partial charge in [-0.05, 0) is 48.6 Å². The van der Waals surface area contributed by atoms with Crippen molar-refractivity contribution >= 4 is 16.6 Å². The first-order valence-electron chi connectivity index (χ1n) is 12.0. The van der Waals surface area contributed by atoms with Crippen molar-refractivity contribution in [3.8, 4) is 33.6 Å². The van der Waals surface area contributed by atoms with E-state index in [2.05, 4.69) is 83.1 Å².